The van der Waals surface area contributed by atoms with E-state index in [2.05, 4.69) is 19.9 Å². The third kappa shape index (κ3) is 3.40. The van der Waals surface area contributed by atoms with Gasteiger partial charge < -0.3 is 14.6 Å². The molecular formula is C21H18N8O. The second-order valence-electron chi connectivity index (χ2n) is 6.77. The monoisotopic (exact) mass is 398 g/mol. The number of nitrogens with zero attached hydrogens (tertiary/aromatic N) is 7. The van der Waals surface area contributed by atoms with E-state index >= 15 is 0 Å². The predicted octanol–water partition coefficient (Wildman–Crippen LogP) is 2.58. The van der Waals surface area contributed by atoms with Crippen molar-refractivity contribution in [3.8, 4) is 23.4 Å². The maximum absolute atomic E-state index is 8.74. The number of allylic oxidation sites excluding steroid dienone is 1. The summed E-state index contributed by atoms with van der Waals surface area (Å²) >= 11 is 0. The zero-order chi connectivity index (χ0) is 20.3. The van der Waals surface area contributed by atoms with E-state index in [9.17, 15) is 0 Å². The maximum Gasteiger partial charge on any atom is 0.240 e. The standard InChI is InChI=1S/C21H18N8O/c22-7-2-3-15-13-29(14-24-15)21-26-19(17-4-1-5-18-16(17)6-8-23-18)25-20(27-21)28-9-11-30-12-10-28/h1-6,8,13-14,23H,9-12H2/b3-2-. The normalized spacial score (nSPS) is 14.4. The van der Waals surface area contributed by atoms with Crippen LogP contribution in [-0.2, 0) is 4.74 Å². The minimum atomic E-state index is 0.470. The van der Waals surface area contributed by atoms with Crippen LogP contribution in [-0.4, -0.2) is 55.8 Å². The number of aromatic nitrogens is 6. The molecule has 9 nitrogen and oxygen atoms in total. The first kappa shape index (κ1) is 18.0. The maximum atomic E-state index is 8.74. The van der Waals surface area contributed by atoms with Gasteiger partial charge in [-0.2, -0.15) is 20.2 Å². The molecule has 0 radical (unpaired) electrons. The molecule has 148 valence electrons. The highest BCUT2D eigenvalue weighted by atomic mass is 16.5. The first-order chi connectivity index (χ1) is 14.8. The van der Waals surface area contributed by atoms with Crippen LogP contribution >= 0.6 is 0 Å². The fourth-order valence-corrected chi connectivity index (χ4v) is 3.43. The number of rotatable bonds is 4. The highest BCUT2D eigenvalue weighted by Crippen LogP contribution is 2.27. The molecule has 5 rings (SSSR count). The average Bonchev–Trinajstić information content (AvgIpc) is 3.47. The van der Waals surface area contributed by atoms with Crippen LogP contribution in [0.2, 0.25) is 0 Å². The highest BCUT2D eigenvalue weighted by molar-refractivity contribution is 5.93. The van der Waals surface area contributed by atoms with Gasteiger partial charge in [-0.25, -0.2) is 4.98 Å². The van der Waals surface area contributed by atoms with Crippen LogP contribution in [0.3, 0.4) is 0 Å². The van der Waals surface area contributed by atoms with E-state index in [0.29, 0.717) is 36.6 Å². The first-order valence-corrected chi connectivity index (χ1v) is 9.57. The summed E-state index contributed by atoms with van der Waals surface area (Å²) in [5.74, 6) is 1.67. The molecule has 1 aromatic carbocycles. The van der Waals surface area contributed by atoms with Crippen molar-refractivity contribution >= 4 is 22.9 Å². The number of imidazole rings is 1. The van der Waals surface area contributed by atoms with E-state index in [-0.39, 0.29) is 0 Å². The number of ether oxygens (including phenoxy) is 1. The van der Waals surface area contributed by atoms with Crippen LogP contribution in [0.4, 0.5) is 5.95 Å². The molecule has 0 atom stereocenters. The molecule has 4 heterocycles. The van der Waals surface area contributed by atoms with E-state index in [1.54, 1.807) is 23.2 Å². The number of nitriles is 1. The third-order valence-electron chi connectivity index (χ3n) is 4.90. The Bertz CT molecular complexity index is 1260. The van der Waals surface area contributed by atoms with E-state index in [0.717, 1.165) is 29.6 Å². The van der Waals surface area contributed by atoms with Crippen molar-refractivity contribution in [2.24, 2.45) is 0 Å². The molecule has 0 spiro atoms. The summed E-state index contributed by atoms with van der Waals surface area (Å²) in [4.78, 5) is 23.8. The molecule has 30 heavy (non-hydrogen) atoms. The van der Waals surface area contributed by atoms with Crippen LogP contribution in [0.5, 0.6) is 0 Å². The summed E-state index contributed by atoms with van der Waals surface area (Å²) in [5, 5.41) is 9.79. The van der Waals surface area contributed by atoms with Gasteiger partial charge in [-0.05, 0) is 18.2 Å². The quantitative estimate of drug-likeness (QED) is 0.526. The molecule has 0 saturated carbocycles. The fraction of sp³-hybridized carbons (Fsp3) is 0.190. The fourth-order valence-electron chi connectivity index (χ4n) is 3.43. The number of fused-ring (bicyclic) bond motifs is 1. The number of benzene rings is 1. The Morgan fingerprint density at radius 3 is 2.83 bits per heavy atom. The lowest BCUT2D eigenvalue weighted by Gasteiger charge is -2.27. The van der Waals surface area contributed by atoms with Crippen LogP contribution in [0.25, 0.3) is 34.3 Å². The topological polar surface area (TPSA) is 109 Å². The van der Waals surface area contributed by atoms with Gasteiger partial charge in [-0.15, -0.1) is 0 Å². The molecule has 1 aliphatic rings. The number of hydrogen-bond donors (Lipinski definition) is 1. The van der Waals surface area contributed by atoms with E-state index in [1.807, 2.05) is 36.5 Å². The van der Waals surface area contributed by atoms with Gasteiger partial charge in [-0.3, -0.25) is 4.57 Å². The van der Waals surface area contributed by atoms with E-state index in [4.69, 9.17) is 20.0 Å². The molecular weight excluding hydrogens is 380 g/mol. The Hall–Kier alpha value is -4.03. The molecule has 1 fully saturated rings. The Kier molecular flexibility index (Phi) is 4.67. The van der Waals surface area contributed by atoms with Crippen molar-refractivity contribution in [3.05, 3.63) is 54.8 Å². The summed E-state index contributed by atoms with van der Waals surface area (Å²) < 4.78 is 7.21. The van der Waals surface area contributed by atoms with Gasteiger partial charge >= 0.3 is 0 Å². The summed E-state index contributed by atoms with van der Waals surface area (Å²) in [5.41, 5.74) is 2.60. The summed E-state index contributed by atoms with van der Waals surface area (Å²) in [6.07, 6.45) is 8.35. The van der Waals surface area contributed by atoms with Crippen molar-refractivity contribution in [2.45, 2.75) is 0 Å². The molecule has 4 aromatic rings. The lowest BCUT2D eigenvalue weighted by molar-refractivity contribution is 0.122. The van der Waals surface area contributed by atoms with E-state index < -0.39 is 0 Å². The second-order valence-corrected chi connectivity index (χ2v) is 6.77. The number of hydrogen-bond acceptors (Lipinski definition) is 7. The van der Waals surface area contributed by atoms with Crippen molar-refractivity contribution in [1.82, 2.24) is 29.5 Å². The van der Waals surface area contributed by atoms with Gasteiger partial charge in [0.25, 0.3) is 0 Å². The lowest BCUT2D eigenvalue weighted by atomic mass is 10.1. The minimum absolute atomic E-state index is 0.470. The molecule has 0 bridgehead atoms. The third-order valence-corrected chi connectivity index (χ3v) is 4.90. The van der Waals surface area contributed by atoms with Gasteiger partial charge in [0.2, 0.25) is 11.9 Å². The zero-order valence-corrected chi connectivity index (χ0v) is 16.1. The average molecular weight is 398 g/mol. The van der Waals surface area contributed by atoms with Crippen LogP contribution in [0.1, 0.15) is 5.69 Å². The molecule has 1 aliphatic heterocycles. The molecule has 0 aliphatic carbocycles. The number of nitrogens with one attached hydrogen (secondary N) is 1. The Balaban J connectivity index is 1.64. The Labute approximate surface area is 172 Å². The van der Waals surface area contributed by atoms with Gasteiger partial charge in [0.15, 0.2) is 5.82 Å². The molecule has 0 amide bonds. The van der Waals surface area contributed by atoms with Gasteiger partial charge in [-0.1, -0.05) is 12.1 Å². The van der Waals surface area contributed by atoms with Gasteiger partial charge in [0.1, 0.15) is 6.33 Å². The molecule has 9 heteroatoms. The molecule has 1 saturated heterocycles. The summed E-state index contributed by atoms with van der Waals surface area (Å²) in [6.45, 7) is 2.71. The predicted molar refractivity (Wildman–Crippen MR) is 112 cm³/mol. The first-order valence-electron chi connectivity index (χ1n) is 9.57. The molecule has 0 unspecified atom stereocenters. The summed E-state index contributed by atoms with van der Waals surface area (Å²) in [7, 11) is 0. The lowest BCUT2D eigenvalue weighted by Crippen LogP contribution is -2.37. The van der Waals surface area contributed by atoms with Crippen LogP contribution in [0, 0.1) is 11.3 Å². The van der Waals surface area contributed by atoms with Gasteiger partial charge in [0, 0.05) is 48.0 Å². The number of morpholine rings is 1. The van der Waals surface area contributed by atoms with Crippen molar-refractivity contribution < 1.29 is 4.74 Å². The van der Waals surface area contributed by atoms with Crippen molar-refractivity contribution in [3.63, 3.8) is 0 Å². The Morgan fingerprint density at radius 2 is 1.97 bits per heavy atom. The van der Waals surface area contributed by atoms with Crippen molar-refractivity contribution in [2.75, 3.05) is 31.2 Å². The van der Waals surface area contributed by atoms with Gasteiger partial charge in [0.05, 0.1) is 25.0 Å². The zero-order valence-electron chi connectivity index (χ0n) is 16.1. The number of anilines is 1. The number of H-pyrrole nitrogens is 1. The largest absolute Gasteiger partial charge is 0.378 e. The molecule has 3 aromatic heterocycles. The number of aromatic amines is 1. The minimum Gasteiger partial charge on any atom is -0.378 e. The smallest absolute Gasteiger partial charge is 0.240 e. The van der Waals surface area contributed by atoms with Crippen molar-refractivity contribution in [1.29, 1.82) is 5.26 Å². The van der Waals surface area contributed by atoms with Crippen LogP contribution < -0.4 is 4.90 Å². The van der Waals surface area contributed by atoms with Crippen LogP contribution in [0.15, 0.2) is 49.1 Å². The second kappa shape index (κ2) is 7.77. The van der Waals surface area contributed by atoms with E-state index in [1.165, 1.54) is 6.08 Å². The Morgan fingerprint density at radius 1 is 1.10 bits per heavy atom. The SMILES string of the molecule is N#C/C=C\c1cn(-c2nc(-c3cccc4[nH]ccc34)nc(N3CCOCC3)n2)cn1. The summed E-state index contributed by atoms with van der Waals surface area (Å²) in [6, 6.07) is 10.00. The molecule has 1 N–H and O–H groups in total. The highest BCUT2D eigenvalue weighted by Gasteiger charge is 2.19.